The second-order valence-corrected chi connectivity index (χ2v) is 11.7. The van der Waals surface area contributed by atoms with E-state index in [2.05, 4.69) is 20.9 Å². The van der Waals surface area contributed by atoms with Crippen molar-refractivity contribution in [2.75, 3.05) is 25.2 Å². The Labute approximate surface area is 253 Å². The molecule has 3 heterocycles. The zero-order valence-electron chi connectivity index (χ0n) is 23.6. The number of fused-ring (bicyclic) bond motifs is 2. The quantitative estimate of drug-likeness (QED) is 0.360. The molecule has 12 heteroatoms. The number of nitrogens with zero attached hydrogens (tertiary/aromatic N) is 3. The van der Waals surface area contributed by atoms with Crippen molar-refractivity contribution in [1.29, 1.82) is 0 Å². The average molecular weight is 655 g/mol. The third-order valence-electron chi connectivity index (χ3n) is 6.79. The number of ether oxygens (including phenoxy) is 3. The van der Waals surface area contributed by atoms with E-state index in [0.29, 0.717) is 37.5 Å². The summed E-state index contributed by atoms with van der Waals surface area (Å²) in [6, 6.07) is 11.3. The van der Waals surface area contributed by atoms with Crippen LogP contribution in [0, 0.1) is 0 Å². The van der Waals surface area contributed by atoms with Crippen molar-refractivity contribution in [3.63, 3.8) is 0 Å². The van der Waals surface area contributed by atoms with Gasteiger partial charge in [0.05, 0.1) is 42.4 Å². The van der Waals surface area contributed by atoms with Gasteiger partial charge in [0.15, 0.2) is 4.80 Å². The van der Waals surface area contributed by atoms with Gasteiger partial charge in [-0.15, -0.1) is 0 Å². The minimum absolute atomic E-state index is 0.141. The van der Waals surface area contributed by atoms with Crippen LogP contribution >= 0.6 is 27.3 Å². The Morgan fingerprint density at radius 3 is 2.57 bits per heavy atom. The van der Waals surface area contributed by atoms with Crippen molar-refractivity contribution in [2.45, 2.75) is 39.8 Å². The van der Waals surface area contributed by atoms with Crippen molar-refractivity contribution in [3.05, 3.63) is 89.0 Å². The van der Waals surface area contributed by atoms with E-state index in [1.165, 1.54) is 16.6 Å². The van der Waals surface area contributed by atoms with Crippen molar-refractivity contribution in [1.82, 2.24) is 4.57 Å². The minimum Gasteiger partial charge on any atom is -0.496 e. The smallest absolute Gasteiger partial charge is 0.338 e. The summed E-state index contributed by atoms with van der Waals surface area (Å²) >= 11 is 4.55. The number of methoxy groups -OCH3 is 1. The molecule has 0 bridgehead atoms. The van der Waals surface area contributed by atoms with E-state index in [9.17, 15) is 19.2 Å². The maximum absolute atomic E-state index is 14.4. The van der Waals surface area contributed by atoms with Gasteiger partial charge in [-0.25, -0.2) is 9.79 Å². The summed E-state index contributed by atoms with van der Waals surface area (Å²) in [6.45, 7) is 6.73. The second-order valence-electron chi connectivity index (χ2n) is 9.83. The number of hydrogen-bond acceptors (Lipinski definition) is 9. The average Bonchev–Trinajstić information content (AvgIpc) is 3.40. The number of hydrogen-bond donors (Lipinski definition) is 0. The lowest BCUT2D eigenvalue weighted by Crippen LogP contribution is -2.41. The number of carbonyl (C=O) groups excluding carboxylic acids is 3. The maximum atomic E-state index is 14.4. The zero-order valence-corrected chi connectivity index (χ0v) is 26.0. The molecule has 1 atom stereocenters. The molecule has 1 amide bonds. The van der Waals surface area contributed by atoms with Gasteiger partial charge < -0.3 is 14.2 Å². The van der Waals surface area contributed by atoms with Gasteiger partial charge in [0, 0.05) is 15.6 Å². The molecule has 0 aliphatic carbocycles. The number of aromatic nitrogens is 1. The number of esters is 2. The van der Waals surface area contributed by atoms with Crippen LogP contribution in [0.2, 0.25) is 0 Å². The standard InChI is InChI=1S/C30H28BrN3O7S/c1-6-40-22(35)14-33-20-10-8-7-9-18(20)24(27(33)36)26-28(37)34-25(19-13-17(31)11-12-21(19)39-5)23(29(38)41-15(2)3)16(4)32-30(34)42-26/h7-13,15,25H,6,14H2,1-5H3/b26-24-/t25-/m0/s1. The van der Waals surface area contributed by atoms with Crippen LogP contribution in [0.25, 0.3) is 5.57 Å². The molecule has 0 unspecified atom stereocenters. The molecule has 2 aromatic carbocycles. The zero-order chi connectivity index (χ0) is 30.3. The SMILES string of the molecule is CCOC(=O)CN1C(=O)/C(=c2\sc3n(c2=O)[C@@H](c2cc(Br)ccc2OC)C(C(=O)OC(C)C)=C(C)N=3)c2ccccc21. The predicted octanol–water partition coefficient (Wildman–Crippen LogP) is 3.24. The third kappa shape index (κ3) is 5.09. The second kappa shape index (κ2) is 11.7. The predicted molar refractivity (Wildman–Crippen MR) is 160 cm³/mol. The van der Waals surface area contributed by atoms with Gasteiger partial charge in [-0.3, -0.25) is 23.9 Å². The van der Waals surface area contributed by atoms with E-state index in [1.807, 2.05) is 0 Å². The molecule has 218 valence electrons. The number of benzene rings is 2. The van der Waals surface area contributed by atoms with Crippen LogP contribution in [0.3, 0.4) is 0 Å². The highest BCUT2D eigenvalue weighted by Gasteiger charge is 2.39. The highest BCUT2D eigenvalue weighted by atomic mass is 79.9. The Bertz CT molecular complexity index is 1840. The molecule has 3 aromatic rings. The molecular formula is C30H28BrN3O7S. The summed E-state index contributed by atoms with van der Waals surface area (Å²) < 4.78 is 18.6. The normalized spacial score (nSPS) is 17.2. The number of allylic oxidation sites excluding steroid dienone is 1. The Hall–Kier alpha value is -4.03. The van der Waals surface area contributed by atoms with Crippen molar-refractivity contribution >= 4 is 56.4 Å². The first-order chi connectivity index (χ1) is 20.1. The molecule has 2 aliphatic rings. The number of rotatable bonds is 7. The first-order valence-electron chi connectivity index (χ1n) is 13.2. The van der Waals surface area contributed by atoms with Gasteiger partial charge in [-0.05, 0) is 52.0 Å². The highest BCUT2D eigenvalue weighted by molar-refractivity contribution is 9.10. The summed E-state index contributed by atoms with van der Waals surface area (Å²) in [4.78, 5) is 60.3. The maximum Gasteiger partial charge on any atom is 0.338 e. The van der Waals surface area contributed by atoms with Gasteiger partial charge in [-0.2, -0.15) is 0 Å². The van der Waals surface area contributed by atoms with E-state index < -0.39 is 35.6 Å². The van der Waals surface area contributed by atoms with Gasteiger partial charge in [0.25, 0.3) is 11.5 Å². The molecule has 2 aliphatic heterocycles. The van der Waals surface area contributed by atoms with E-state index in [-0.39, 0.29) is 28.8 Å². The third-order valence-corrected chi connectivity index (χ3v) is 8.34. The van der Waals surface area contributed by atoms with E-state index in [1.54, 1.807) is 70.2 Å². The first kappa shape index (κ1) is 29.5. The number of amides is 1. The molecule has 10 nitrogen and oxygen atoms in total. The van der Waals surface area contributed by atoms with Crippen LogP contribution in [-0.4, -0.2) is 48.8 Å². The monoisotopic (exact) mass is 653 g/mol. The first-order valence-corrected chi connectivity index (χ1v) is 14.8. The lowest BCUT2D eigenvalue weighted by atomic mass is 9.95. The summed E-state index contributed by atoms with van der Waals surface area (Å²) in [5.74, 6) is -1.22. The molecule has 5 rings (SSSR count). The summed E-state index contributed by atoms with van der Waals surface area (Å²) in [5, 5.41) is 0. The van der Waals surface area contributed by atoms with Crippen molar-refractivity contribution < 1.29 is 28.6 Å². The highest BCUT2D eigenvalue weighted by Crippen LogP contribution is 2.38. The van der Waals surface area contributed by atoms with Gasteiger partial charge >= 0.3 is 11.9 Å². The molecule has 42 heavy (non-hydrogen) atoms. The van der Waals surface area contributed by atoms with Gasteiger partial charge in [-0.1, -0.05) is 45.5 Å². The summed E-state index contributed by atoms with van der Waals surface area (Å²) in [7, 11) is 1.51. The number of thiazole rings is 1. The molecule has 0 saturated heterocycles. The summed E-state index contributed by atoms with van der Waals surface area (Å²) in [5.41, 5.74) is 1.77. The van der Waals surface area contributed by atoms with Crippen LogP contribution in [0.5, 0.6) is 5.75 Å². The Balaban J connectivity index is 1.79. The van der Waals surface area contributed by atoms with Crippen LogP contribution in [-0.2, 0) is 23.9 Å². The topological polar surface area (TPSA) is 116 Å². The van der Waals surface area contributed by atoms with Crippen LogP contribution in [0.4, 0.5) is 5.69 Å². The van der Waals surface area contributed by atoms with Crippen LogP contribution < -0.4 is 24.5 Å². The van der Waals surface area contributed by atoms with E-state index in [0.717, 1.165) is 11.3 Å². The molecular weight excluding hydrogens is 626 g/mol. The lowest BCUT2D eigenvalue weighted by Gasteiger charge is -2.26. The fraction of sp³-hybridized carbons (Fsp3) is 0.300. The number of para-hydroxylation sites is 1. The lowest BCUT2D eigenvalue weighted by molar-refractivity contribution is -0.143. The van der Waals surface area contributed by atoms with Gasteiger partial charge in [0.1, 0.15) is 22.9 Å². The Morgan fingerprint density at radius 2 is 1.88 bits per heavy atom. The Morgan fingerprint density at radius 1 is 1.14 bits per heavy atom. The molecule has 0 N–H and O–H groups in total. The van der Waals surface area contributed by atoms with Crippen molar-refractivity contribution in [2.24, 2.45) is 4.99 Å². The minimum atomic E-state index is -0.948. The van der Waals surface area contributed by atoms with E-state index in [4.69, 9.17) is 14.2 Å². The fourth-order valence-corrected chi connectivity index (χ4v) is 6.63. The van der Waals surface area contributed by atoms with Crippen LogP contribution in [0.1, 0.15) is 44.9 Å². The fourth-order valence-electron chi connectivity index (χ4n) is 5.12. The molecule has 0 saturated carbocycles. The van der Waals surface area contributed by atoms with Gasteiger partial charge in [0.2, 0.25) is 0 Å². The van der Waals surface area contributed by atoms with E-state index >= 15 is 0 Å². The molecule has 0 fully saturated rings. The van der Waals surface area contributed by atoms with Crippen molar-refractivity contribution in [3.8, 4) is 5.75 Å². The molecule has 0 radical (unpaired) electrons. The number of halogens is 1. The molecule has 1 aromatic heterocycles. The summed E-state index contributed by atoms with van der Waals surface area (Å²) in [6.07, 6.45) is -0.410. The number of anilines is 1. The van der Waals surface area contributed by atoms with Crippen LogP contribution in [0.15, 0.2) is 68.0 Å². The Kier molecular flexibility index (Phi) is 8.20. The number of carbonyl (C=O) groups is 3. The molecule has 0 spiro atoms. The largest absolute Gasteiger partial charge is 0.496 e.